The number of fused-ring (bicyclic) bond motifs is 3. The Labute approximate surface area is 181 Å². The molecule has 31 heavy (non-hydrogen) atoms. The molecular formula is C24H31NO6. The lowest BCUT2D eigenvalue weighted by Crippen LogP contribution is -2.73. The summed E-state index contributed by atoms with van der Waals surface area (Å²) in [7, 11) is 0. The number of hydrogen-bond acceptors (Lipinski definition) is 5. The van der Waals surface area contributed by atoms with Gasteiger partial charge in [0.25, 0.3) is 5.91 Å². The summed E-state index contributed by atoms with van der Waals surface area (Å²) >= 11 is 0. The number of ether oxygens (including phenoxy) is 1. The molecule has 1 spiro atoms. The van der Waals surface area contributed by atoms with Crippen LogP contribution in [-0.4, -0.2) is 45.0 Å². The molecule has 2 heterocycles. The van der Waals surface area contributed by atoms with E-state index in [1.807, 2.05) is 13.8 Å². The van der Waals surface area contributed by atoms with Crippen LogP contribution in [0.25, 0.3) is 0 Å². The van der Waals surface area contributed by atoms with Crippen molar-refractivity contribution in [3.63, 3.8) is 0 Å². The van der Waals surface area contributed by atoms with E-state index in [1.54, 1.807) is 0 Å². The second-order valence-corrected chi connectivity index (χ2v) is 10.9. The minimum Gasteiger partial charge on any atom is -0.486 e. The number of carbonyl (C=O) groups is 2. The first-order valence-electron chi connectivity index (χ1n) is 11.2. The number of aliphatic hydroxyl groups excluding tert-OH is 2. The van der Waals surface area contributed by atoms with Crippen LogP contribution in [-0.2, 0) is 13.0 Å². The molecule has 2 unspecified atom stereocenters. The largest absolute Gasteiger partial charge is 0.486 e. The zero-order chi connectivity index (χ0) is 22.5. The topological polar surface area (TPSA) is 116 Å². The van der Waals surface area contributed by atoms with Crippen LogP contribution in [0.5, 0.6) is 5.75 Å². The van der Waals surface area contributed by atoms with Crippen LogP contribution in [0.2, 0.25) is 0 Å². The SMILES string of the molecule is C[C@H]1CC[C@H]2C(C)(C)C(O)C(O)C[C@]23Oc2c(c(C(=O)O)cc4c2CNC4=O)C[C@]13C. The number of aromatic carboxylic acids is 1. The van der Waals surface area contributed by atoms with Crippen molar-refractivity contribution in [3.05, 3.63) is 28.3 Å². The van der Waals surface area contributed by atoms with Gasteiger partial charge in [-0.2, -0.15) is 0 Å². The summed E-state index contributed by atoms with van der Waals surface area (Å²) in [6.07, 6.45) is 0.804. The van der Waals surface area contributed by atoms with Crippen LogP contribution in [0, 0.1) is 22.7 Å². The van der Waals surface area contributed by atoms with Gasteiger partial charge in [0.05, 0.1) is 17.8 Å². The number of nitrogens with one attached hydrogen (secondary N) is 1. The van der Waals surface area contributed by atoms with Crippen molar-refractivity contribution in [3.8, 4) is 5.75 Å². The van der Waals surface area contributed by atoms with Gasteiger partial charge >= 0.3 is 5.97 Å². The highest BCUT2D eigenvalue weighted by Crippen LogP contribution is 2.66. The summed E-state index contributed by atoms with van der Waals surface area (Å²) in [6, 6.07) is 1.48. The summed E-state index contributed by atoms with van der Waals surface area (Å²) in [5, 5.41) is 34.5. The molecule has 6 atom stereocenters. The predicted molar refractivity (Wildman–Crippen MR) is 112 cm³/mol. The van der Waals surface area contributed by atoms with Crippen molar-refractivity contribution in [1.82, 2.24) is 5.32 Å². The van der Waals surface area contributed by atoms with Gasteiger partial charge in [0, 0.05) is 41.0 Å². The van der Waals surface area contributed by atoms with Crippen molar-refractivity contribution >= 4 is 11.9 Å². The number of carboxylic acids is 1. The number of amides is 1. The summed E-state index contributed by atoms with van der Waals surface area (Å²) in [5.74, 6) is -0.639. The highest BCUT2D eigenvalue weighted by atomic mass is 16.5. The number of rotatable bonds is 1. The van der Waals surface area contributed by atoms with Gasteiger partial charge in [-0.3, -0.25) is 4.79 Å². The average Bonchev–Trinajstić information content (AvgIpc) is 3.06. The fourth-order valence-electron chi connectivity index (χ4n) is 7.24. The van der Waals surface area contributed by atoms with Crippen molar-refractivity contribution in [2.45, 2.75) is 77.7 Å². The molecular weight excluding hydrogens is 398 g/mol. The van der Waals surface area contributed by atoms with Crippen molar-refractivity contribution in [2.75, 3.05) is 0 Å². The van der Waals surface area contributed by atoms with E-state index in [0.29, 0.717) is 35.4 Å². The lowest BCUT2D eigenvalue weighted by atomic mass is 9.43. The standard InChI is InChI=1S/C24H31NO6/c1-11-5-6-17-22(2,3)19(27)16(26)9-24(17)23(11,4)8-14-13(21(29)30)7-12-15(18(14)31-24)10-25-20(12)28/h7,11,16-17,19,26-27H,5-6,8-10H2,1-4H3,(H,25,28)(H,29,30)/t11-,16?,17-,19?,23+,24-/m0/s1. The van der Waals surface area contributed by atoms with Gasteiger partial charge in [-0.05, 0) is 36.7 Å². The summed E-state index contributed by atoms with van der Waals surface area (Å²) in [6.45, 7) is 8.61. The maximum atomic E-state index is 12.4. The van der Waals surface area contributed by atoms with Crippen LogP contribution in [0.4, 0.5) is 0 Å². The first-order chi connectivity index (χ1) is 14.4. The van der Waals surface area contributed by atoms with Crippen LogP contribution < -0.4 is 10.1 Å². The Morgan fingerprint density at radius 2 is 1.90 bits per heavy atom. The number of carboxylic acid groups (broad SMARTS) is 1. The molecule has 1 aromatic carbocycles. The van der Waals surface area contributed by atoms with Gasteiger partial charge in [-0.15, -0.1) is 0 Å². The van der Waals surface area contributed by atoms with Gasteiger partial charge in [-0.1, -0.05) is 27.7 Å². The van der Waals surface area contributed by atoms with Crippen molar-refractivity contribution in [2.24, 2.45) is 22.7 Å². The predicted octanol–water partition coefficient (Wildman–Crippen LogP) is 2.51. The van der Waals surface area contributed by atoms with E-state index in [0.717, 1.165) is 12.8 Å². The van der Waals surface area contributed by atoms with E-state index in [1.165, 1.54) is 6.07 Å². The minimum atomic E-state index is -1.07. The van der Waals surface area contributed by atoms with E-state index >= 15 is 0 Å². The number of hydrogen-bond donors (Lipinski definition) is 4. The molecule has 2 aliphatic heterocycles. The van der Waals surface area contributed by atoms with Crippen LogP contribution in [0.15, 0.2) is 6.07 Å². The molecule has 4 N–H and O–H groups in total. The molecule has 1 amide bonds. The maximum Gasteiger partial charge on any atom is 0.336 e. The first-order valence-corrected chi connectivity index (χ1v) is 11.2. The van der Waals surface area contributed by atoms with Crippen LogP contribution >= 0.6 is 0 Å². The van der Waals surface area contributed by atoms with E-state index in [-0.39, 0.29) is 29.7 Å². The Morgan fingerprint density at radius 1 is 1.19 bits per heavy atom. The van der Waals surface area contributed by atoms with Gasteiger partial charge < -0.3 is 25.4 Å². The Hall–Kier alpha value is -2.12. The third-order valence-corrected chi connectivity index (χ3v) is 9.26. The Morgan fingerprint density at radius 3 is 2.58 bits per heavy atom. The van der Waals surface area contributed by atoms with Crippen molar-refractivity contribution in [1.29, 1.82) is 0 Å². The molecule has 0 saturated heterocycles. The maximum absolute atomic E-state index is 12.4. The zero-order valence-corrected chi connectivity index (χ0v) is 18.5. The van der Waals surface area contributed by atoms with Gasteiger partial charge in [0.15, 0.2) is 0 Å². The van der Waals surface area contributed by atoms with Gasteiger partial charge in [0.2, 0.25) is 0 Å². The van der Waals surface area contributed by atoms with E-state index in [4.69, 9.17) is 4.74 Å². The Kier molecular flexibility index (Phi) is 4.17. The monoisotopic (exact) mass is 429 g/mol. The molecule has 4 aliphatic rings. The summed E-state index contributed by atoms with van der Waals surface area (Å²) in [5.41, 5.74) is 0.0716. The summed E-state index contributed by atoms with van der Waals surface area (Å²) in [4.78, 5) is 24.5. The Bertz CT molecular complexity index is 1000. The van der Waals surface area contributed by atoms with E-state index < -0.39 is 34.6 Å². The number of aliphatic hydroxyl groups is 2. The first kappa shape index (κ1) is 20.8. The number of benzene rings is 1. The summed E-state index contributed by atoms with van der Waals surface area (Å²) < 4.78 is 6.91. The quantitative estimate of drug-likeness (QED) is 0.545. The molecule has 1 aromatic rings. The zero-order valence-electron chi connectivity index (χ0n) is 18.5. The Balaban J connectivity index is 1.78. The van der Waals surface area contributed by atoms with Crippen LogP contribution in [0.1, 0.15) is 78.8 Å². The fraction of sp³-hybridized carbons (Fsp3) is 0.667. The molecule has 168 valence electrons. The normalized spacial score (nSPS) is 40.0. The third kappa shape index (κ3) is 2.42. The molecule has 7 heteroatoms. The molecule has 2 aliphatic carbocycles. The highest BCUT2D eigenvalue weighted by molar-refractivity contribution is 6.03. The molecule has 5 rings (SSSR count). The van der Waals surface area contributed by atoms with Gasteiger partial charge in [0.1, 0.15) is 11.4 Å². The van der Waals surface area contributed by atoms with Crippen molar-refractivity contribution < 1.29 is 29.6 Å². The molecule has 2 saturated carbocycles. The molecule has 7 nitrogen and oxygen atoms in total. The van der Waals surface area contributed by atoms with E-state index in [2.05, 4.69) is 19.2 Å². The minimum absolute atomic E-state index is 0.0121. The third-order valence-electron chi connectivity index (χ3n) is 9.26. The highest BCUT2D eigenvalue weighted by Gasteiger charge is 2.69. The second kappa shape index (κ2) is 6.23. The average molecular weight is 430 g/mol. The lowest BCUT2D eigenvalue weighted by Gasteiger charge is -2.67. The number of carbonyl (C=O) groups excluding carboxylic acids is 1. The molecule has 0 bridgehead atoms. The van der Waals surface area contributed by atoms with Gasteiger partial charge in [-0.25, -0.2) is 4.79 Å². The van der Waals surface area contributed by atoms with Crippen LogP contribution in [0.3, 0.4) is 0 Å². The van der Waals surface area contributed by atoms with E-state index in [9.17, 15) is 24.9 Å². The smallest absolute Gasteiger partial charge is 0.336 e. The fourth-order valence-corrected chi connectivity index (χ4v) is 7.24. The second-order valence-electron chi connectivity index (χ2n) is 10.9. The molecule has 2 fully saturated rings. The molecule has 0 aromatic heterocycles. The lowest BCUT2D eigenvalue weighted by molar-refractivity contribution is -0.260. The molecule has 0 radical (unpaired) electrons.